The highest BCUT2D eigenvalue weighted by Crippen LogP contribution is 2.40. The SMILES string of the molecule is Clc1ccc(CC2CCCc3ccccc3C2Br)cc1. The van der Waals surface area contributed by atoms with E-state index in [1.165, 1.54) is 36.0 Å². The molecule has 0 bridgehead atoms. The fourth-order valence-corrected chi connectivity index (χ4v) is 4.14. The van der Waals surface area contributed by atoms with E-state index in [2.05, 4.69) is 52.3 Å². The first-order valence-electron chi connectivity index (χ1n) is 7.20. The summed E-state index contributed by atoms with van der Waals surface area (Å²) in [6.07, 6.45) is 4.86. The minimum atomic E-state index is 0.455. The Bertz CT molecular complexity index is 576. The first-order chi connectivity index (χ1) is 9.74. The highest BCUT2D eigenvalue weighted by atomic mass is 79.9. The summed E-state index contributed by atoms with van der Waals surface area (Å²) in [4.78, 5) is 0.455. The summed E-state index contributed by atoms with van der Waals surface area (Å²) < 4.78 is 0. The number of benzene rings is 2. The molecule has 3 rings (SSSR count). The van der Waals surface area contributed by atoms with Gasteiger partial charge in [0.2, 0.25) is 0 Å². The second-order valence-electron chi connectivity index (χ2n) is 5.58. The first-order valence-corrected chi connectivity index (χ1v) is 8.50. The van der Waals surface area contributed by atoms with Gasteiger partial charge in [-0.3, -0.25) is 0 Å². The molecule has 0 heterocycles. The minimum Gasteiger partial charge on any atom is -0.0843 e. The number of halogens is 2. The zero-order valence-electron chi connectivity index (χ0n) is 11.4. The van der Waals surface area contributed by atoms with E-state index in [-0.39, 0.29) is 0 Å². The number of fused-ring (bicyclic) bond motifs is 1. The van der Waals surface area contributed by atoms with Gasteiger partial charge < -0.3 is 0 Å². The van der Waals surface area contributed by atoms with Crippen LogP contribution >= 0.6 is 27.5 Å². The molecule has 0 aromatic heterocycles. The lowest BCUT2D eigenvalue weighted by molar-refractivity contribution is 0.475. The summed E-state index contributed by atoms with van der Waals surface area (Å²) in [5.41, 5.74) is 4.36. The molecule has 2 aromatic carbocycles. The molecule has 0 nitrogen and oxygen atoms in total. The Morgan fingerprint density at radius 1 is 1.05 bits per heavy atom. The van der Waals surface area contributed by atoms with Crippen LogP contribution < -0.4 is 0 Å². The second-order valence-corrected chi connectivity index (χ2v) is 7.01. The molecule has 104 valence electrons. The van der Waals surface area contributed by atoms with Crippen molar-refractivity contribution in [3.05, 3.63) is 70.2 Å². The Morgan fingerprint density at radius 3 is 2.60 bits per heavy atom. The van der Waals surface area contributed by atoms with Crippen molar-refractivity contribution >= 4 is 27.5 Å². The molecule has 2 heteroatoms. The zero-order valence-corrected chi connectivity index (χ0v) is 13.7. The lowest BCUT2D eigenvalue weighted by atomic mass is 9.90. The minimum absolute atomic E-state index is 0.455. The number of rotatable bonds is 2. The molecule has 0 saturated carbocycles. The van der Waals surface area contributed by atoms with Crippen LogP contribution in [0.5, 0.6) is 0 Å². The molecule has 1 aliphatic rings. The van der Waals surface area contributed by atoms with Crippen molar-refractivity contribution in [1.29, 1.82) is 0 Å². The molecule has 0 saturated heterocycles. The van der Waals surface area contributed by atoms with Crippen LogP contribution in [0.4, 0.5) is 0 Å². The summed E-state index contributed by atoms with van der Waals surface area (Å²) in [5.74, 6) is 0.653. The van der Waals surface area contributed by atoms with Gasteiger partial charge in [0, 0.05) is 9.85 Å². The van der Waals surface area contributed by atoms with E-state index < -0.39 is 0 Å². The van der Waals surface area contributed by atoms with Crippen LogP contribution in [0.3, 0.4) is 0 Å². The summed E-state index contributed by atoms with van der Waals surface area (Å²) in [6.45, 7) is 0. The van der Waals surface area contributed by atoms with Gasteiger partial charge in [0.25, 0.3) is 0 Å². The van der Waals surface area contributed by atoms with Crippen LogP contribution in [0.1, 0.15) is 34.4 Å². The van der Waals surface area contributed by atoms with Gasteiger partial charge in [-0.2, -0.15) is 0 Å². The third-order valence-electron chi connectivity index (χ3n) is 4.20. The molecule has 2 unspecified atom stereocenters. The van der Waals surface area contributed by atoms with Gasteiger partial charge in [0.15, 0.2) is 0 Å². The van der Waals surface area contributed by atoms with Crippen LogP contribution in [-0.2, 0) is 12.8 Å². The topological polar surface area (TPSA) is 0 Å². The summed E-state index contributed by atoms with van der Waals surface area (Å²) in [7, 11) is 0. The van der Waals surface area contributed by atoms with Crippen LogP contribution in [-0.4, -0.2) is 0 Å². The van der Waals surface area contributed by atoms with Crippen molar-refractivity contribution in [2.75, 3.05) is 0 Å². The van der Waals surface area contributed by atoms with Crippen molar-refractivity contribution in [2.45, 2.75) is 30.5 Å². The number of aryl methyl sites for hydroxylation is 1. The first kappa shape index (κ1) is 14.2. The van der Waals surface area contributed by atoms with Gasteiger partial charge >= 0.3 is 0 Å². The van der Waals surface area contributed by atoms with Crippen molar-refractivity contribution in [3.63, 3.8) is 0 Å². The molecule has 20 heavy (non-hydrogen) atoms. The summed E-state index contributed by atoms with van der Waals surface area (Å²) >= 11 is 9.92. The van der Waals surface area contributed by atoms with Crippen LogP contribution in [0.25, 0.3) is 0 Å². The number of hydrogen-bond acceptors (Lipinski definition) is 0. The molecule has 0 amide bonds. The van der Waals surface area contributed by atoms with Crippen LogP contribution in [0.15, 0.2) is 48.5 Å². The molecular weight excluding hydrogens is 332 g/mol. The van der Waals surface area contributed by atoms with Gasteiger partial charge in [-0.1, -0.05) is 63.9 Å². The number of alkyl halides is 1. The normalized spacial score (nSPS) is 22.1. The van der Waals surface area contributed by atoms with Crippen LogP contribution in [0, 0.1) is 5.92 Å². The van der Waals surface area contributed by atoms with Crippen molar-refractivity contribution in [1.82, 2.24) is 0 Å². The smallest absolute Gasteiger partial charge is 0.0429 e. The lowest BCUT2D eigenvalue weighted by Gasteiger charge is -2.21. The maximum atomic E-state index is 5.97. The van der Waals surface area contributed by atoms with E-state index in [1.807, 2.05) is 12.1 Å². The Morgan fingerprint density at radius 2 is 1.80 bits per heavy atom. The maximum Gasteiger partial charge on any atom is 0.0429 e. The third-order valence-corrected chi connectivity index (χ3v) is 5.69. The zero-order chi connectivity index (χ0) is 13.9. The average Bonchev–Trinajstić information content (AvgIpc) is 2.62. The second kappa shape index (κ2) is 6.32. The monoisotopic (exact) mass is 348 g/mol. The predicted molar refractivity (Wildman–Crippen MR) is 89.7 cm³/mol. The highest BCUT2D eigenvalue weighted by molar-refractivity contribution is 9.09. The molecule has 0 N–H and O–H groups in total. The molecule has 0 fully saturated rings. The maximum absolute atomic E-state index is 5.97. The molecule has 0 radical (unpaired) electrons. The Kier molecular flexibility index (Phi) is 4.48. The van der Waals surface area contributed by atoms with E-state index in [9.17, 15) is 0 Å². The molecule has 2 atom stereocenters. The molecule has 0 spiro atoms. The van der Waals surface area contributed by atoms with E-state index >= 15 is 0 Å². The van der Waals surface area contributed by atoms with Crippen LogP contribution in [0.2, 0.25) is 5.02 Å². The van der Waals surface area contributed by atoms with E-state index in [0.29, 0.717) is 10.7 Å². The molecule has 0 aliphatic heterocycles. The molecular formula is C18H18BrCl. The van der Waals surface area contributed by atoms with E-state index in [0.717, 1.165) is 11.4 Å². The Balaban J connectivity index is 1.82. The van der Waals surface area contributed by atoms with Crippen molar-refractivity contribution in [2.24, 2.45) is 5.92 Å². The average molecular weight is 350 g/mol. The Hall–Kier alpha value is -0.790. The van der Waals surface area contributed by atoms with Gasteiger partial charge in [-0.05, 0) is 60.4 Å². The fraction of sp³-hybridized carbons (Fsp3) is 0.333. The number of hydrogen-bond donors (Lipinski definition) is 0. The van der Waals surface area contributed by atoms with Gasteiger partial charge in [0.05, 0.1) is 0 Å². The van der Waals surface area contributed by atoms with Gasteiger partial charge in [0.1, 0.15) is 0 Å². The van der Waals surface area contributed by atoms with Crippen molar-refractivity contribution < 1.29 is 0 Å². The standard InChI is InChI=1S/C18H18BrCl/c19-18-15(12-13-8-10-16(20)11-9-13)6-3-5-14-4-1-2-7-17(14)18/h1-2,4,7-11,15,18H,3,5-6,12H2. The van der Waals surface area contributed by atoms with E-state index in [1.54, 1.807) is 0 Å². The lowest BCUT2D eigenvalue weighted by Crippen LogP contribution is -2.10. The largest absolute Gasteiger partial charge is 0.0843 e. The van der Waals surface area contributed by atoms with Crippen molar-refractivity contribution in [3.8, 4) is 0 Å². The quantitative estimate of drug-likeness (QED) is 0.463. The van der Waals surface area contributed by atoms with E-state index in [4.69, 9.17) is 11.6 Å². The van der Waals surface area contributed by atoms with Gasteiger partial charge in [-0.15, -0.1) is 0 Å². The highest BCUT2D eigenvalue weighted by Gasteiger charge is 2.25. The summed E-state index contributed by atoms with van der Waals surface area (Å²) in [6, 6.07) is 17.1. The third kappa shape index (κ3) is 3.10. The summed E-state index contributed by atoms with van der Waals surface area (Å²) in [5, 5.41) is 0.815. The fourth-order valence-electron chi connectivity index (χ4n) is 3.11. The molecule has 1 aliphatic carbocycles. The predicted octanol–water partition coefficient (Wildman–Crippen LogP) is 5.97. The van der Waals surface area contributed by atoms with Gasteiger partial charge in [-0.25, -0.2) is 0 Å². The molecule has 2 aromatic rings. The Labute approximate surface area is 134 Å².